The number of ether oxygens (including phenoxy) is 2. The molecule has 0 spiro atoms. The van der Waals surface area contributed by atoms with Gasteiger partial charge in [-0.1, -0.05) is 186 Å². The average Bonchev–Trinajstić information content (AvgIpc) is 3.25. The molecular formula is C48H89O13P. The van der Waals surface area contributed by atoms with E-state index < -0.39 is 75.7 Å². The first-order chi connectivity index (χ1) is 29.9. The first kappa shape index (κ1) is 58.3. The Hall–Kier alpha value is -1.67. The maximum absolute atomic E-state index is 12.8. The summed E-state index contributed by atoms with van der Waals surface area (Å²) >= 11 is 0. The van der Waals surface area contributed by atoms with Gasteiger partial charge in [0.1, 0.15) is 43.2 Å². The van der Waals surface area contributed by atoms with Crippen molar-refractivity contribution in [3.63, 3.8) is 0 Å². The number of phosphoric ester groups is 1. The number of carbonyl (C=O) groups is 2. The van der Waals surface area contributed by atoms with Crippen LogP contribution >= 0.6 is 7.82 Å². The van der Waals surface area contributed by atoms with Gasteiger partial charge in [-0.25, -0.2) is 4.57 Å². The normalized spacial score (nSPS) is 22.0. The van der Waals surface area contributed by atoms with Crippen LogP contribution in [0.25, 0.3) is 0 Å². The summed E-state index contributed by atoms with van der Waals surface area (Å²) in [6.45, 7) is 3.29. The van der Waals surface area contributed by atoms with Gasteiger partial charge in [-0.3, -0.25) is 18.6 Å². The van der Waals surface area contributed by atoms with E-state index in [9.17, 15) is 44.6 Å². The first-order valence-corrected chi connectivity index (χ1v) is 26.1. The summed E-state index contributed by atoms with van der Waals surface area (Å²) in [5, 5.41) is 50.2. The molecule has 0 aromatic heterocycles. The van der Waals surface area contributed by atoms with Gasteiger partial charge in [-0.2, -0.15) is 0 Å². The number of allylic oxidation sites excluding steroid dienone is 4. The number of aliphatic hydroxyl groups excluding tert-OH is 5. The predicted molar refractivity (Wildman–Crippen MR) is 244 cm³/mol. The molecule has 13 nitrogen and oxygen atoms in total. The van der Waals surface area contributed by atoms with E-state index in [0.29, 0.717) is 19.3 Å². The van der Waals surface area contributed by atoms with Crippen LogP contribution in [0.1, 0.15) is 213 Å². The molecule has 8 atom stereocenters. The van der Waals surface area contributed by atoms with Gasteiger partial charge in [-0.05, 0) is 38.5 Å². The molecule has 6 N–H and O–H groups in total. The standard InChI is InChI=1S/C48H89O13P/c1-3-5-7-9-11-13-15-17-19-21-23-24-26-28-30-32-34-36-41(49)58-38-40(39-59-62(56,57)61-48-46(54)44(52)43(51)45(53)47(48)55)60-42(50)37-35-33-31-29-27-25-22-20-18-16-14-12-10-8-6-4-2/h23-24,28,30,40,43-48,51-55H,3-22,25-27,29,31-39H2,1-2H3,(H,56,57)/b24-23+,30-28+/t40-,43?,44-,45?,46?,47?,48?/m0/s1. The summed E-state index contributed by atoms with van der Waals surface area (Å²) < 4.78 is 33.5. The molecule has 1 aliphatic rings. The van der Waals surface area contributed by atoms with E-state index in [4.69, 9.17) is 18.5 Å². The molecule has 14 heteroatoms. The lowest BCUT2D eigenvalue weighted by molar-refractivity contribution is -0.220. The Morgan fingerprint density at radius 2 is 0.887 bits per heavy atom. The fraction of sp³-hybridized carbons (Fsp3) is 0.875. The lowest BCUT2D eigenvalue weighted by Gasteiger charge is -2.41. The molecule has 1 rings (SSSR count). The van der Waals surface area contributed by atoms with Crippen LogP contribution in [0, 0.1) is 0 Å². The summed E-state index contributed by atoms with van der Waals surface area (Å²) in [6.07, 6.45) is 29.5. The van der Waals surface area contributed by atoms with Crippen molar-refractivity contribution in [3.05, 3.63) is 24.3 Å². The number of hydrogen-bond donors (Lipinski definition) is 6. The Morgan fingerprint density at radius 3 is 1.35 bits per heavy atom. The number of rotatable bonds is 41. The maximum Gasteiger partial charge on any atom is 0.472 e. The minimum absolute atomic E-state index is 0.0928. The Kier molecular flexibility index (Phi) is 36.3. The molecule has 0 bridgehead atoms. The summed E-state index contributed by atoms with van der Waals surface area (Å²) in [7, 11) is -5.12. The number of unbranched alkanes of at least 4 members (excludes halogenated alkanes) is 25. The second-order valence-corrected chi connectivity index (χ2v) is 18.7. The van der Waals surface area contributed by atoms with Crippen LogP contribution in [0.3, 0.4) is 0 Å². The van der Waals surface area contributed by atoms with Crippen molar-refractivity contribution >= 4 is 19.8 Å². The van der Waals surface area contributed by atoms with Gasteiger partial charge in [-0.15, -0.1) is 0 Å². The number of aliphatic hydroxyl groups is 5. The van der Waals surface area contributed by atoms with Crippen molar-refractivity contribution in [2.24, 2.45) is 0 Å². The Morgan fingerprint density at radius 1 is 0.500 bits per heavy atom. The largest absolute Gasteiger partial charge is 0.472 e. The van der Waals surface area contributed by atoms with E-state index in [1.54, 1.807) is 0 Å². The molecule has 0 aromatic rings. The molecule has 1 aliphatic carbocycles. The smallest absolute Gasteiger partial charge is 0.462 e. The molecule has 364 valence electrons. The van der Waals surface area contributed by atoms with E-state index in [2.05, 4.69) is 32.1 Å². The van der Waals surface area contributed by atoms with Crippen molar-refractivity contribution < 1.29 is 63.1 Å². The van der Waals surface area contributed by atoms with Crippen LogP contribution in [-0.4, -0.2) is 98.3 Å². The predicted octanol–water partition coefficient (Wildman–Crippen LogP) is 10.0. The van der Waals surface area contributed by atoms with Gasteiger partial charge in [0.05, 0.1) is 6.61 Å². The molecule has 0 radical (unpaired) electrons. The highest BCUT2D eigenvalue weighted by atomic mass is 31.2. The summed E-state index contributed by atoms with van der Waals surface area (Å²) in [4.78, 5) is 35.7. The Bertz CT molecular complexity index is 1180. The zero-order valence-corrected chi connectivity index (χ0v) is 39.6. The highest BCUT2D eigenvalue weighted by molar-refractivity contribution is 7.47. The zero-order valence-electron chi connectivity index (χ0n) is 38.7. The number of phosphoric acid groups is 1. The number of hydrogen-bond acceptors (Lipinski definition) is 12. The van der Waals surface area contributed by atoms with Gasteiger partial charge < -0.3 is 39.9 Å². The lowest BCUT2D eigenvalue weighted by Crippen LogP contribution is -2.64. The topological polar surface area (TPSA) is 210 Å². The van der Waals surface area contributed by atoms with Crippen molar-refractivity contribution in [2.75, 3.05) is 13.2 Å². The monoisotopic (exact) mass is 905 g/mol. The average molecular weight is 905 g/mol. The fourth-order valence-electron chi connectivity index (χ4n) is 7.56. The first-order valence-electron chi connectivity index (χ1n) is 24.6. The van der Waals surface area contributed by atoms with E-state index in [1.165, 1.54) is 128 Å². The minimum Gasteiger partial charge on any atom is -0.462 e. The second kappa shape index (κ2) is 38.6. The van der Waals surface area contributed by atoms with Crippen molar-refractivity contribution in [1.29, 1.82) is 0 Å². The van der Waals surface area contributed by atoms with Gasteiger partial charge in [0.25, 0.3) is 0 Å². The molecule has 0 amide bonds. The molecule has 0 aliphatic heterocycles. The van der Waals surface area contributed by atoms with Crippen LogP contribution in [0.5, 0.6) is 0 Å². The fourth-order valence-corrected chi connectivity index (χ4v) is 8.54. The van der Waals surface area contributed by atoms with Crippen LogP contribution in [0.15, 0.2) is 24.3 Å². The van der Waals surface area contributed by atoms with Crippen LogP contribution in [-0.2, 0) is 32.7 Å². The zero-order chi connectivity index (χ0) is 45.7. The highest BCUT2D eigenvalue weighted by Crippen LogP contribution is 2.47. The van der Waals surface area contributed by atoms with Crippen LogP contribution < -0.4 is 0 Å². The third-order valence-electron chi connectivity index (χ3n) is 11.5. The third-order valence-corrected chi connectivity index (χ3v) is 12.5. The molecule has 6 unspecified atom stereocenters. The van der Waals surface area contributed by atoms with Crippen LogP contribution in [0.2, 0.25) is 0 Å². The Labute approximate surface area is 375 Å². The SMILES string of the molecule is CCCCCCCCCCC/C=C/C/C=C/CCCC(=O)OC[C@@H](COP(=O)(O)OC1C(O)C(O)C(O)[C@H](O)C1O)OC(=O)CCCCCCCCCCCCCCCCCC. The molecule has 62 heavy (non-hydrogen) atoms. The van der Waals surface area contributed by atoms with Crippen molar-refractivity contribution in [3.8, 4) is 0 Å². The maximum atomic E-state index is 12.8. The van der Waals surface area contributed by atoms with Gasteiger partial charge in [0, 0.05) is 12.8 Å². The molecule has 1 saturated carbocycles. The molecule has 0 heterocycles. The van der Waals surface area contributed by atoms with Crippen molar-refractivity contribution in [1.82, 2.24) is 0 Å². The van der Waals surface area contributed by atoms with Gasteiger partial charge in [0.2, 0.25) is 0 Å². The van der Waals surface area contributed by atoms with E-state index >= 15 is 0 Å². The van der Waals surface area contributed by atoms with E-state index in [0.717, 1.165) is 38.5 Å². The molecule has 1 fully saturated rings. The summed E-state index contributed by atoms with van der Waals surface area (Å²) in [5.74, 6) is -1.14. The lowest BCUT2D eigenvalue weighted by atomic mass is 9.85. The molecule has 0 saturated heterocycles. The van der Waals surface area contributed by atoms with E-state index in [1.807, 2.05) is 6.08 Å². The number of esters is 2. The van der Waals surface area contributed by atoms with Crippen LogP contribution in [0.4, 0.5) is 0 Å². The quantitative estimate of drug-likeness (QED) is 0.0146. The second-order valence-electron chi connectivity index (χ2n) is 17.3. The van der Waals surface area contributed by atoms with Crippen molar-refractivity contribution in [2.45, 2.75) is 256 Å². The molecular weight excluding hydrogens is 815 g/mol. The Balaban J connectivity index is 2.45. The summed E-state index contributed by atoms with van der Waals surface area (Å²) in [6, 6.07) is 0. The summed E-state index contributed by atoms with van der Waals surface area (Å²) in [5.41, 5.74) is 0. The minimum atomic E-state index is -5.12. The highest BCUT2D eigenvalue weighted by Gasteiger charge is 2.51. The molecule has 0 aromatic carbocycles. The number of carbonyl (C=O) groups excluding carboxylic acids is 2. The van der Waals surface area contributed by atoms with E-state index in [-0.39, 0.29) is 12.8 Å². The van der Waals surface area contributed by atoms with Gasteiger partial charge in [0.15, 0.2) is 6.10 Å². The van der Waals surface area contributed by atoms with Gasteiger partial charge >= 0.3 is 19.8 Å². The third kappa shape index (κ3) is 30.5.